The number of nitrogens with one attached hydrogen (secondary N) is 1. The van der Waals surface area contributed by atoms with Gasteiger partial charge in [-0.25, -0.2) is 4.57 Å². The van der Waals surface area contributed by atoms with Crippen molar-refractivity contribution in [3.63, 3.8) is 0 Å². The number of carbonyl (C=O) groups excluding carboxylic acids is 1. The summed E-state index contributed by atoms with van der Waals surface area (Å²) in [5, 5.41) is 23.9. The summed E-state index contributed by atoms with van der Waals surface area (Å²) >= 11 is 0. The molecule has 298 valence electrons. The summed E-state index contributed by atoms with van der Waals surface area (Å²) in [5.41, 5.74) is 5.35. The van der Waals surface area contributed by atoms with E-state index in [1.54, 1.807) is 6.08 Å². The van der Waals surface area contributed by atoms with Gasteiger partial charge in [0.25, 0.3) is 0 Å². The Morgan fingerprint density at radius 2 is 1.12 bits per heavy atom. The molecule has 0 saturated heterocycles. The molecule has 0 bridgehead atoms. The summed E-state index contributed by atoms with van der Waals surface area (Å²) in [4.78, 5) is 22.7. The first-order valence-corrected chi connectivity index (χ1v) is 21.8. The normalized spacial score (nSPS) is 15.3. The molecule has 0 aromatic heterocycles. The predicted octanol–water partition coefficient (Wildman–Crippen LogP) is 9.91. The standard InChI is InChI=1S/C41H77N2O7P/c1-3-5-7-9-11-13-15-17-18-19-21-23-25-27-29-31-33-40(45)39(37-50-51(47,48)49-35-34-42)43-41(46)36-38(44)32-30-28-26-24-22-20-16-14-12-10-8-6-4-2/h14,16-18,23,25,31,33,38-40,44-45H,3-13,15,19-22,24,26-30,32,34-37,42H2,1-2H3,(H,43,46)(H,47,48)/b16-14-,18-17+,25-23+,33-31+. The van der Waals surface area contributed by atoms with E-state index in [0.717, 1.165) is 57.8 Å². The summed E-state index contributed by atoms with van der Waals surface area (Å²) < 4.78 is 22.0. The molecule has 6 N–H and O–H groups in total. The highest BCUT2D eigenvalue weighted by Gasteiger charge is 2.27. The van der Waals surface area contributed by atoms with Gasteiger partial charge in [0.2, 0.25) is 5.91 Å². The van der Waals surface area contributed by atoms with Gasteiger partial charge in [0.15, 0.2) is 0 Å². The molecule has 1 amide bonds. The van der Waals surface area contributed by atoms with Gasteiger partial charge in [-0.2, -0.15) is 0 Å². The van der Waals surface area contributed by atoms with Crippen LogP contribution in [0.5, 0.6) is 0 Å². The highest BCUT2D eigenvalue weighted by atomic mass is 31.2. The Kier molecular flexibility index (Phi) is 35.6. The van der Waals surface area contributed by atoms with Gasteiger partial charge in [-0.3, -0.25) is 13.8 Å². The molecule has 51 heavy (non-hydrogen) atoms. The molecule has 0 rings (SSSR count). The molecule has 4 atom stereocenters. The van der Waals surface area contributed by atoms with Crippen LogP contribution in [0.1, 0.15) is 168 Å². The number of hydrogen-bond donors (Lipinski definition) is 5. The molecule has 10 heteroatoms. The van der Waals surface area contributed by atoms with E-state index in [0.29, 0.717) is 12.8 Å². The molecule has 0 aliphatic rings. The first kappa shape index (κ1) is 49.4. The van der Waals surface area contributed by atoms with Crippen molar-refractivity contribution in [3.05, 3.63) is 48.6 Å². The zero-order valence-electron chi connectivity index (χ0n) is 32.4. The van der Waals surface area contributed by atoms with Crippen molar-refractivity contribution >= 4 is 13.7 Å². The topological polar surface area (TPSA) is 151 Å². The van der Waals surface area contributed by atoms with Crippen LogP contribution in [0.15, 0.2) is 48.6 Å². The Bertz CT molecular complexity index is 956. The summed E-state index contributed by atoms with van der Waals surface area (Å²) in [6, 6.07) is -1.01. The zero-order chi connectivity index (χ0) is 37.7. The van der Waals surface area contributed by atoms with E-state index in [9.17, 15) is 24.5 Å². The van der Waals surface area contributed by atoms with Crippen LogP contribution < -0.4 is 11.1 Å². The maximum atomic E-state index is 12.8. The molecule has 0 heterocycles. The molecule has 0 aromatic rings. The van der Waals surface area contributed by atoms with E-state index in [-0.39, 0.29) is 19.6 Å². The second-order valence-corrected chi connectivity index (χ2v) is 15.1. The quantitative estimate of drug-likeness (QED) is 0.0240. The Morgan fingerprint density at radius 3 is 1.65 bits per heavy atom. The molecular formula is C41H77N2O7P. The molecule has 0 fully saturated rings. The fourth-order valence-electron chi connectivity index (χ4n) is 5.55. The van der Waals surface area contributed by atoms with Crippen LogP contribution in [-0.4, -0.2) is 59.0 Å². The average molecular weight is 741 g/mol. The second-order valence-electron chi connectivity index (χ2n) is 13.7. The van der Waals surface area contributed by atoms with Crippen molar-refractivity contribution < 1.29 is 33.5 Å². The van der Waals surface area contributed by atoms with Crippen LogP contribution in [0.2, 0.25) is 0 Å². The van der Waals surface area contributed by atoms with Crippen molar-refractivity contribution in [2.45, 2.75) is 186 Å². The lowest BCUT2D eigenvalue weighted by Crippen LogP contribution is -2.46. The summed E-state index contributed by atoms with van der Waals surface area (Å²) in [6.07, 6.45) is 40.5. The van der Waals surface area contributed by atoms with Crippen LogP contribution in [0.4, 0.5) is 0 Å². The van der Waals surface area contributed by atoms with Crippen molar-refractivity contribution in [2.24, 2.45) is 5.73 Å². The number of phosphoric ester groups is 1. The van der Waals surface area contributed by atoms with Crippen molar-refractivity contribution in [3.8, 4) is 0 Å². The van der Waals surface area contributed by atoms with E-state index in [1.807, 2.05) is 6.08 Å². The molecule has 0 aliphatic heterocycles. The molecule has 0 aromatic carbocycles. The second kappa shape index (κ2) is 36.8. The van der Waals surface area contributed by atoms with Crippen LogP contribution in [0.25, 0.3) is 0 Å². The Hall–Kier alpha value is -1.58. The van der Waals surface area contributed by atoms with E-state index < -0.39 is 38.6 Å². The fraction of sp³-hybridized carbons (Fsp3) is 0.780. The van der Waals surface area contributed by atoms with Gasteiger partial charge in [-0.15, -0.1) is 0 Å². The third kappa shape index (κ3) is 35.2. The predicted molar refractivity (Wildman–Crippen MR) is 213 cm³/mol. The number of aliphatic hydroxyl groups is 2. The minimum Gasteiger partial charge on any atom is -0.393 e. The number of hydrogen-bond acceptors (Lipinski definition) is 7. The molecule has 0 saturated carbocycles. The smallest absolute Gasteiger partial charge is 0.393 e. The van der Waals surface area contributed by atoms with E-state index in [4.69, 9.17) is 14.8 Å². The first-order chi connectivity index (χ1) is 24.8. The average Bonchev–Trinajstić information content (AvgIpc) is 3.10. The molecular weight excluding hydrogens is 663 g/mol. The number of unbranched alkanes of at least 4 members (excludes halogenated alkanes) is 17. The lowest BCUT2D eigenvalue weighted by atomic mass is 10.0. The summed E-state index contributed by atoms with van der Waals surface area (Å²) in [7, 11) is -4.41. The molecule has 0 radical (unpaired) electrons. The maximum absolute atomic E-state index is 12.8. The van der Waals surface area contributed by atoms with E-state index >= 15 is 0 Å². The third-order valence-electron chi connectivity index (χ3n) is 8.66. The highest BCUT2D eigenvalue weighted by Crippen LogP contribution is 2.43. The fourth-order valence-corrected chi connectivity index (χ4v) is 6.31. The molecule has 0 spiro atoms. The minimum absolute atomic E-state index is 0.0400. The Labute approximate surface area is 312 Å². The van der Waals surface area contributed by atoms with Gasteiger partial charge in [0, 0.05) is 6.54 Å². The molecule has 9 nitrogen and oxygen atoms in total. The minimum atomic E-state index is -4.41. The number of carbonyl (C=O) groups is 1. The molecule has 0 aliphatic carbocycles. The van der Waals surface area contributed by atoms with Crippen LogP contribution in [0, 0.1) is 0 Å². The lowest BCUT2D eigenvalue weighted by Gasteiger charge is -2.24. The number of allylic oxidation sites excluding steroid dienone is 7. The van der Waals surface area contributed by atoms with Gasteiger partial charge >= 0.3 is 7.82 Å². The Morgan fingerprint density at radius 1 is 0.667 bits per heavy atom. The van der Waals surface area contributed by atoms with E-state index in [2.05, 4.69) is 55.6 Å². The van der Waals surface area contributed by atoms with Crippen LogP contribution in [-0.2, 0) is 18.4 Å². The van der Waals surface area contributed by atoms with Crippen LogP contribution in [0.3, 0.4) is 0 Å². The van der Waals surface area contributed by atoms with Gasteiger partial charge in [-0.1, -0.05) is 140 Å². The van der Waals surface area contributed by atoms with Crippen molar-refractivity contribution in [2.75, 3.05) is 19.8 Å². The van der Waals surface area contributed by atoms with Crippen molar-refractivity contribution in [1.82, 2.24) is 5.32 Å². The summed E-state index contributed by atoms with van der Waals surface area (Å²) in [6.45, 7) is 3.89. The van der Waals surface area contributed by atoms with Gasteiger partial charge < -0.3 is 26.2 Å². The largest absolute Gasteiger partial charge is 0.472 e. The summed E-state index contributed by atoms with van der Waals surface area (Å²) in [5.74, 6) is -0.468. The maximum Gasteiger partial charge on any atom is 0.472 e. The van der Waals surface area contributed by atoms with Gasteiger partial charge in [-0.05, 0) is 70.6 Å². The third-order valence-corrected chi connectivity index (χ3v) is 9.64. The van der Waals surface area contributed by atoms with Crippen molar-refractivity contribution in [1.29, 1.82) is 0 Å². The molecule has 4 unspecified atom stereocenters. The Balaban J connectivity index is 4.50. The van der Waals surface area contributed by atoms with E-state index in [1.165, 1.54) is 77.0 Å². The van der Waals surface area contributed by atoms with Gasteiger partial charge in [0.05, 0.1) is 37.9 Å². The first-order valence-electron chi connectivity index (χ1n) is 20.3. The zero-order valence-corrected chi connectivity index (χ0v) is 33.3. The van der Waals surface area contributed by atoms with Gasteiger partial charge in [0.1, 0.15) is 0 Å². The van der Waals surface area contributed by atoms with Crippen LogP contribution >= 0.6 is 7.82 Å². The SMILES string of the molecule is CCCCCC/C=C\CCCCCCCC(O)CC(=O)NC(COP(=O)(O)OCCN)C(O)/C=C/CC/C=C/CC/C=C/CCCCCCCC. The number of rotatable bonds is 37. The monoisotopic (exact) mass is 741 g/mol. The number of phosphoric acid groups is 1. The lowest BCUT2D eigenvalue weighted by molar-refractivity contribution is -0.124. The highest BCUT2D eigenvalue weighted by molar-refractivity contribution is 7.47. The number of amides is 1. The number of aliphatic hydroxyl groups excluding tert-OH is 2. The number of nitrogens with two attached hydrogens (primary N) is 1.